The third kappa shape index (κ3) is 3.48. The van der Waals surface area contributed by atoms with Crippen LogP contribution in [0.1, 0.15) is 43.2 Å². The van der Waals surface area contributed by atoms with Crippen LogP contribution in [-0.4, -0.2) is 23.5 Å². The van der Waals surface area contributed by atoms with Crippen molar-refractivity contribution in [3.8, 4) is 11.3 Å². The van der Waals surface area contributed by atoms with Crippen LogP contribution < -0.4 is 0 Å². The average Bonchev–Trinajstić information content (AvgIpc) is 3.10. The van der Waals surface area contributed by atoms with Crippen LogP contribution in [0.15, 0.2) is 52.9 Å². The van der Waals surface area contributed by atoms with Crippen molar-refractivity contribution in [2.45, 2.75) is 26.9 Å². The Morgan fingerprint density at radius 1 is 0.939 bits per heavy atom. The summed E-state index contributed by atoms with van der Waals surface area (Å²) < 4.78 is 19.7. The van der Waals surface area contributed by atoms with Crippen molar-refractivity contribution >= 4 is 33.9 Å². The molecule has 4 aromatic rings. The monoisotopic (exact) mass is 461 g/mol. The fraction of sp³-hybridized carbons (Fsp3) is 0.185. The highest BCUT2D eigenvalue weighted by atomic mass is 35.5. The van der Waals surface area contributed by atoms with Gasteiger partial charge in [0.2, 0.25) is 11.6 Å². The summed E-state index contributed by atoms with van der Waals surface area (Å²) in [6.45, 7) is 4.71. The minimum atomic E-state index is -0.535. The Bertz CT molecular complexity index is 1470. The first-order valence-electron chi connectivity index (χ1n) is 10.6. The maximum Gasteiger partial charge on any atom is 0.237 e. The Hall–Kier alpha value is -3.28. The van der Waals surface area contributed by atoms with Crippen molar-refractivity contribution in [3.63, 3.8) is 0 Å². The van der Waals surface area contributed by atoms with Gasteiger partial charge in [0, 0.05) is 23.2 Å². The topological polar surface area (TPSA) is 50.5 Å². The van der Waals surface area contributed by atoms with E-state index in [9.17, 15) is 14.0 Å². The normalized spacial score (nSPS) is 13.0. The summed E-state index contributed by atoms with van der Waals surface area (Å²) in [7, 11) is 1.90. The lowest BCUT2D eigenvalue weighted by atomic mass is 9.83. The van der Waals surface area contributed by atoms with Gasteiger partial charge < -0.3 is 4.42 Å². The van der Waals surface area contributed by atoms with E-state index in [0.29, 0.717) is 46.9 Å². The number of rotatable bonds is 4. The zero-order valence-electron chi connectivity index (χ0n) is 18.5. The van der Waals surface area contributed by atoms with Gasteiger partial charge >= 0.3 is 0 Å². The number of nitrogens with zero attached hydrogens (tertiary/aromatic N) is 1. The number of benzene rings is 3. The van der Waals surface area contributed by atoms with Gasteiger partial charge in [-0.1, -0.05) is 41.9 Å². The van der Waals surface area contributed by atoms with Gasteiger partial charge in [0.1, 0.15) is 17.3 Å². The maximum atomic E-state index is 13.5. The van der Waals surface area contributed by atoms with Crippen LogP contribution in [0.2, 0.25) is 5.02 Å². The molecule has 6 heteroatoms. The van der Waals surface area contributed by atoms with Gasteiger partial charge in [0.25, 0.3) is 0 Å². The minimum Gasteiger partial charge on any atom is -0.459 e. The van der Waals surface area contributed by atoms with Crippen LogP contribution in [-0.2, 0) is 13.1 Å². The Labute approximate surface area is 195 Å². The molecule has 0 saturated carbocycles. The summed E-state index contributed by atoms with van der Waals surface area (Å²) in [6.07, 6.45) is 0. The highest BCUT2D eigenvalue weighted by Gasteiger charge is 2.37. The molecule has 33 heavy (non-hydrogen) atoms. The summed E-state index contributed by atoms with van der Waals surface area (Å²) in [5, 5.41) is 1.79. The molecule has 0 spiro atoms. The molecule has 1 aromatic heterocycles. The molecule has 0 fully saturated rings. The molecule has 0 aliphatic heterocycles. The second-order valence-corrected chi connectivity index (χ2v) is 9.00. The van der Waals surface area contributed by atoms with Gasteiger partial charge in [0.05, 0.1) is 17.1 Å². The molecule has 166 valence electrons. The van der Waals surface area contributed by atoms with E-state index in [4.69, 9.17) is 16.0 Å². The predicted molar refractivity (Wildman–Crippen MR) is 126 cm³/mol. The zero-order valence-corrected chi connectivity index (χ0v) is 19.2. The second kappa shape index (κ2) is 7.94. The van der Waals surface area contributed by atoms with E-state index < -0.39 is 17.4 Å². The second-order valence-electron chi connectivity index (χ2n) is 8.59. The van der Waals surface area contributed by atoms with Gasteiger partial charge in [-0.2, -0.15) is 0 Å². The Kier molecular flexibility index (Phi) is 5.19. The highest BCUT2D eigenvalue weighted by Crippen LogP contribution is 2.41. The fourth-order valence-electron chi connectivity index (χ4n) is 4.60. The lowest BCUT2D eigenvalue weighted by Gasteiger charge is -2.16. The number of ketones is 2. The van der Waals surface area contributed by atoms with E-state index in [2.05, 4.69) is 0 Å². The quantitative estimate of drug-likeness (QED) is 0.324. The summed E-state index contributed by atoms with van der Waals surface area (Å²) in [5.74, 6) is -0.426. The molecular formula is C27H21ClFNO3. The van der Waals surface area contributed by atoms with E-state index in [1.54, 1.807) is 12.1 Å². The summed E-state index contributed by atoms with van der Waals surface area (Å²) in [5.41, 5.74) is 3.96. The van der Waals surface area contributed by atoms with E-state index in [1.165, 1.54) is 6.07 Å². The molecule has 1 aliphatic rings. The molecule has 0 bridgehead atoms. The Balaban J connectivity index is 1.54. The number of hydrogen-bond donors (Lipinski definition) is 0. The van der Waals surface area contributed by atoms with Gasteiger partial charge in [-0.25, -0.2) is 4.39 Å². The molecule has 3 aromatic carbocycles. The van der Waals surface area contributed by atoms with Crippen molar-refractivity contribution < 1.29 is 18.4 Å². The number of Topliss-reactive ketones (excluding diaryl/α,β-unsaturated/α-hetero) is 2. The predicted octanol–water partition coefficient (Wildman–Crippen LogP) is 6.52. The number of carbonyl (C=O) groups is 2. The summed E-state index contributed by atoms with van der Waals surface area (Å²) in [4.78, 5) is 28.2. The molecule has 1 aliphatic carbocycles. The van der Waals surface area contributed by atoms with Crippen LogP contribution >= 0.6 is 11.6 Å². The Morgan fingerprint density at radius 3 is 2.45 bits per heavy atom. The van der Waals surface area contributed by atoms with E-state index in [0.717, 1.165) is 21.9 Å². The lowest BCUT2D eigenvalue weighted by molar-refractivity contribution is 0.0815. The van der Waals surface area contributed by atoms with Crippen molar-refractivity contribution in [3.05, 3.63) is 92.9 Å². The number of halogens is 2. The van der Waals surface area contributed by atoms with Gasteiger partial charge in [-0.05, 0) is 61.0 Å². The van der Waals surface area contributed by atoms with Gasteiger partial charge in [-0.15, -0.1) is 0 Å². The molecule has 0 atom stereocenters. The molecule has 0 saturated heterocycles. The highest BCUT2D eigenvalue weighted by molar-refractivity contribution is 6.54. The van der Waals surface area contributed by atoms with E-state index in [1.807, 2.05) is 56.1 Å². The van der Waals surface area contributed by atoms with Crippen LogP contribution in [0.25, 0.3) is 22.1 Å². The SMILES string of the molecule is Cc1c(CN(C)Cc2ccc(F)c(Cl)c2)oc2c1C(=O)C(=O)c1c-2ccc2c(C)cccc12. The van der Waals surface area contributed by atoms with Crippen LogP contribution in [0, 0.1) is 19.7 Å². The third-order valence-corrected chi connectivity index (χ3v) is 6.57. The molecule has 5 rings (SSSR count). The molecule has 0 N–H and O–H groups in total. The first-order valence-corrected chi connectivity index (χ1v) is 11.0. The van der Waals surface area contributed by atoms with Crippen LogP contribution in [0.3, 0.4) is 0 Å². The van der Waals surface area contributed by atoms with Crippen LogP contribution in [0.5, 0.6) is 0 Å². The standard InChI is InChI=1S/C27H21ClFNO3/c1-14-5-4-6-18-17(14)8-9-19-24(18)26(32)25(31)23-15(2)22(33-27(19)23)13-30(3)12-16-7-10-21(29)20(28)11-16/h4-11H,12-13H2,1-3H3. The summed E-state index contributed by atoms with van der Waals surface area (Å²) in [6, 6.07) is 14.2. The molecule has 0 amide bonds. The van der Waals surface area contributed by atoms with Crippen molar-refractivity contribution in [1.82, 2.24) is 4.90 Å². The minimum absolute atomic E-state index is 0.0775. The van der Waals surface area contributed by atoms with Crippen molar-refractivity contribution in [2.24, 2.45) is 0 Å². The van der Waals surface area contributed by atoms with Crippen molar-refractivity contribution in [2.75, 3.05) is 7.05 Å². The zero-order chi connectivity index (χ0) is 23.4. The number of carbonyl (C=O) groups excluding carboxylic acids is 2. The lowest BCUT2D eigenvalue weighted by Crippen LogP contribution is -2.21. The van der Waals surface area contributed by atoms with Crippen molar-refractivity contribution in [1.29, 1.82) is 0 Å². The Morgan fingerprint density at radius 2 is 1.70 bits per heavy atom. The first-order chi connectivity index (χ1) is 15.8. The first kappa shape index (κ1) is 21.6. The number of hydrogen-bond acceptors (Lipinski definition) is 4. The van der Waals surface area contributed by atoms with Gasteiger partial charge in [0.15, 0.2) is 0 Å². The number of fused-ring (bicyclic) bond motifs is 5. The average molecular weight is 462 g/mol. The fourth-order valence-corrected chi connectivity index (χ4v) is 4.80. The molecule has 0 unspecified atom stereocenters. The molecular weight excluding hydrogens is 441 g/mol. The van der Waals surface area contributed by atoms with E-state index in [-0.39, 0.29) is 5.02 Å². The van der Waals surface area contributed by atoms with Crippen LogP contribution in [0.4, 0.5) is 4.39 Å². The molecule has 0 radical (unpaired) electrons. The van der Waals surface area contributed by atoms with Gasteiger partial charge in [-0.3, -0.25) is 14.5 Å². The maximum absolute atomic E-state index is 13.5. The summed E-state index contributed by atoms with van der Waals surface area (Å²) >= 11 is 5.90. The number of aryl methyl sites for hydroxylation is 1. The van der Waals surface area contributed by atoms with E-state index >= 15 is 0 Å². The smallest absolute Gasteiger partial charge is 0.237 e. The third-order valence-electron chi connectivity index (χ3n) is 6.28. The number of furan rings is 1. The molecule has 4 nitrogen and oxygen atoms in total. The molecule has 1 heterocycles. The largest absolute Gasteiger partial charge is 0.459 e.